The van der Waals surface area contributed by atoms with Crippen LogP contribution in [0.25, 0.3) is 11.3 Å². The van der Waals surface area contributed by atoms with Crippen molar-refractivity contribution in [2.24, 2.45) is 5.92 Å². The highest BCUT2D eigenvalue weighted by molar-refractivity contribution is 7.14. The average molecular weight is 449 g/mol. The number of carbonyl (C=O) groups is 1. The molecule has 4 rings (SSSR count). The molecule has 0 aliphatic heterocycles. The van der Waals surface area contributed by atoms with E-state index in [4.69, 9.17) is 4.98 Å². The molecule has 1 unspecified atom stereocenters. The third-order valence-corrected chi connectivity index (χ3v) is 7.35. The molecular formula is C27H32N2O2S. The SMILES string of the molecule is CC(C)c1ccc(-c2csc(N(CC(Cc3ccccc3)C(=O)O)C3CCCC3)n2)cc1. The van der Waals surface area contributed by atoms with Crippen LogP contribution in [0.4, 0.5) is 5.13 Å². The van der Waals surface area contributed by atoms with Gasteiger partial charge in [0.05, 0.1) is 11.6 Å². The van der Waals surface area contributed by atoms with Gasteiger partial charge in [-0.15, -0.1) is 11.3 Å². The van der Waals surface area contributed by atoms with Gasteiger partial charge in [-0.2, -0.15) is 0 Å². The van der Waals surface area contributed by atoms with Crippen LogP contribution < -0.4 is 4.90 Å². The Morgan fingerprint density at radius 2 is 1.78 bits per heavy atom. The largest absolute Gasteiger partial charge is 0.481 e. The highest BCUT2D eigenvalue weighted by atomic mass is 32.1. The summed E-state index contributed by atoms with van der Waals surface area (Å²) in [6.07, 6.45) is 5.15. The fraction of sp³-hybridized carbons (Fsp3) is 0.407. The van der Waals surface area contributed by atoms with Gasteiger partial charge in [-0.25, -0.2) is 4.98 Å². The van der Waals surface area contributed by atoms with E-state index in [1.54, 1.807) is 11.3 Å². The van der Waals surface area contributed by atoms with E-state index in [0.717, 1.165) is 34.8 Å². The summed E-state index contributed by atoms with van der Waals surface area (Å²) in [6.45, 7) is 4.89. The predicted molar refractivity (Wildman–Crippen MR) is 133 cm³/mol. The van der Waals surface area contributed by atoms with Crippen molar-refractivity contribution in [3.05, 3.63) is 71.1 Å². The average Bonchev–Trinajstić information content (AvgIpc) is 3.50. The quantitative estimate of drug-likeness (QED) is 0.399. The maximum absolute atomic E-state index is 12.2. The van der Waals surface area contributed by atoms with Crippen LogP contribution >= 0.6 is 11.3 Å². The Bertz CT molecular complexity index is 1010. The minimum Gasteiger partial charge on any atom is -0.481 e. The third-order valence-electron chi connectivity index (χ3n) is 6.47. The van der Waals surface area contributed by atoms with Gasteiger partial charge in [-0.3, -0.25) is 4.79 Å². The lowest BCUT2D eigenvalue weighted by molar-refractivity contribution is -0.141. The summed E-state index contributed by atoms with van der Waals surface area (Å²) >= 11 is 1.63. The first-order chi connectivity index (χ1) is 15.5. The van der Waals surface area contributed by atoms with Crippen molar-refractivity contribution in [3.63, 3.8) is 0 Å². The lowest BCUT2D eigenvalue weighted by atomic mass is 9.98. The van der Waals surface area contributed by atoms with E-state index in [2.05, 4.69) is 48.4 Å². The molecule has 3 aromatic rings. The second-order valence-electron chi connectivity index (χ2n) is 9.11. The van der Waals surface area contributed by atoms with Gasteiger partial charge < -0.3 is 10.0 Å². The normalized spacial score (nSPS) is 15.2. The highest BCUT2D eigenvalue weighted by Gasteiger charge is 2.30. The summed E-state index contributed by atoms with van der Waals surface area (Å²) < 4.78 is 0. The molecule has 32 heavy (non-hydrogen) atoms. The number of nitrogens with zero attached hydrogens (tertiary/aromatic N) is 2. The molecule has 1 aromatic heterocycles. The van der Waals surface area contributed by atoms with Gasteiger partial charge in [0, 0.05) is 23.5 Å². The molecule has 0 radical (unpaired) electrons. The highest BCUT2D eigenvalue weighted by Crippen LogP contribution is 2.34. The molecule has 4 nitrogen and oxygen atoms in total. The zero-order chi connectivity index (χ0) is 22.5. The number of aromatic nitrogens is 1. The van der Waals surface area contributed by atoms with Gasteiger partial charge in [-0.1, -0.05) is 81.3 Å². The van der Waals surface area contributed by atoms with Gasteiger partial charge >= 0.3 is 5.97 Å². The van der Waals surface area contributed by atoms with Crippen LogP contribution in [0.15, 0.2) is 60.0 Å². The summed E-state index contributed by atoms with van der Waals surface area (Å²) in [4.78, 5) is 19.4. The van der Waals surface area contributed by atoms with Crippen molar-refractivity contribution < 1.29 is 9.90 Å². The monoisotopic (exact) mass is 448 g/mol. The number of benzene rings is 2. The molecule has 0 amide bonds. The second kappa shape index (κ2) is 10.3. The van der Waals surface area contributed by atoms with Gasteiger partial charge in [0.25, 0.3) is 0 Å². The fourth-order valence-electron chi connectivity index (χ4n) is 4.53. The van der Waals surface area contributed by atoms with Crippen LogP contribution in [-0.2, 0) is 11.2 Å². The Labute approximate surface area is 194 Å². The molecule has 5 heteroatoms. The summed E-state index contributed by atoms with van der Waals surface area (Å²) in [7, 11) is 0. The first kappa shape index (κ1) is 22.5. The number of carboxylic acids is 1. The molecule has 0 saturated heterocycles. The molecule has 168 valence electrons. The number of rotatable bonds is 9. The van der Waals surface area contributed by atoms with Gasteiger partial charge in [0.1, 0.15) is 0 Å². The number of anilines is 1. The minimum atomic E-state index is -0.738. The van der Waals surface area contributed by atoms with E-state index in [-0.39, 0.29) is 0 Å². The number of thiazole rings is 1. The maximum atomic E-state index is 12.2. The molecule has 1 fully saturated rings. The Morgan fingerprint density at radius 3 is 2.41 bits per heavy atom. The Hall–Kier alpha value is -2.66. The fourth-order valence-corrected chi connectivity index (χ4v) is 5.45. The zero-order valence-corrected chi connectivity index (χ0v) is 19.7. The van der Waals surface area contributed by atoms with Crippen molar-refractivity contribution >= 4 is 22.4 Å². The molecule has 1 N–H and O–H groups in total. The van der Waals surface area contributed by atoms with Crippen molar-refractivity contribution in [2.45, 2.75) is 57.9 Å². The minimum absolute atomic E-state index is 0.370. The summed E-state index contributed by atoms with van der Waals surface area (Å²) in [5.74, 6) is -0.695. The van der Waals surface area contributed by atoms with E-state index in [0.29, 0.717) is 24.9 Å². The third kappa shape index (κ3) is 5.39. The Morgan fingerprint density at radius 1 is 1.09 bits per heavy atom. The number of carboxylic acid groups (broad SMARTS) is 1. The van der Waals surface area contributed by atoms with E-state index >= 15 is 0 Å². The molecule has 1 atom stereocenters. The second-order valence-corrected chi connectivity index (χ2v) is 9.94. The van der Waals surface area contributed by atoms with Gasteiger partial charge in [0.15, 0.2) is 5.13 Å². The zero-order valence-electron chi connectivity index (χ0n) is 18.9. The van der Waals surface area contributed by atoms with E-state index < -0.39 is 11.9 Å². The predicted octanol–water partition coefficient (Wildman–Crippen LogP) is 6.63. The Balaban J connectivity index is 1.57. The van der Waals surface area contributed by atoms with Crippen molar-refractivity contribution in [2.75, 3.05) is 11.4 Å². The van der Waals surface area contributed by atoms with Crippen LogP contribution in [-0.4, -0.2) is 28.6 Å². The lowest BCUT2D eigenvalue weighted by Crippen LogP contribution is -2.40. The topological polar surface area (TPSA) is 53.4 Å². The molecule has 1 aliphatic rings. The molecular weight excluding hydrogens is 416 g/mol. The number of aliphatic carboxylic acids is 1. The number of hydrogen-bond donors (Lipinski definition) is 1. The maximum Gasteiger partial charge on any atom is 0.308 e. The van der Waals surface area contributed by atoms with Crippen molar-refractivity contribution in [1.82, 2.24) is 4.98 Å². The molecule has 0 bridgehead atoms. The van der Waals surface area contributed by atoms with Crippen molar-refractivity contribution in [3.8, 4) is 11.3 Å². The van der Waals surface area contributed by atoms with Crippen molar-refractivity contribution in [1.29, 1.82) is 0 Å². The van der Waals surface area contributed by atoms with Crippen LogP contribution in [0, 0.1) is 5.92 Å². The van der Waals surface area contributed by atoms with E-state index in [9.17, 15) is 9.90 Å². The van der Waals surface area contributed by atoms with Gasteiger partial charge in [-0.05, 0) is 36.3 Å². The smallest absolute Gasteiger partial charge is 0.308 e. The first-order valence-electron chi connectivity index (χ1n) is 11.6. The van der Waals surface area contributed by atoms with E-state index in [1.165, 1.54) is 18.4 Å². The van der Waals surface area contributed by atoms with Crippen LogP contribution in [0.2, 0.25) is 0 Å². The Kier molecular flexibility index (Phi) is 7.26. The van der Waals surface area contributed by atoms with Crippen LogP contribution in [0.1, 0.15) is 56.6 Å². The van der Waals surface area contributed by atoms with Crippen LogP contribution in [0.5, 0.6) is 0 Å². The lowest BCUT2D eigenvalue weighted by Gasteiger charge is -2.31. The summed E-state index contributed by atoms with van der Waals surface area (Å²) in [5.41, 5.74) is 4.47. The van der Waals surface area contributed by atoms with E-state index in [1.807, 2.05) is 30.3 Å². The molecule has 2 aromatic carbocycles. The molecule has 0 spiro atoms. The summed E-state index contributed by atoms with van der Waals surface area (Å²) in [5, 5.41) is 13.0. The first-order valence-corrected chi connectivity index (χ1v) is 12.5. The molecule has 1 aliphatic carbocycles. The molecule has 1 saturated carbocycles. The number of hydrogen-bond acceptors (Lipinski definition) is 4. The summed E-state index contributed by atoms with van der Waals surface area (Å²) in [6, 6.07) is 18.9. The van der Waals surface area contributed by atoms with Gasteiger partial charge in [0.2, 0.25) is 0 Å². The molecule has 1 heterocycles. The van der Waals surface area contributed by atoms with Crippen LogP contribution in [0.3, 0.4) is 0 Å². The standard InChI is InChI=1S/C27H32N2O2S/c1-19(2)21-12-14-22(15-13-21)25-18-32-27(28-25)29(24-10-6-7-11-24)17-23(26(30)31)16-20-8-4-3-5-9-20/h3-5,8-9,12-15,18-19,23-24H,6-7,10-11,16-17H2,1-2H3,(H,30,31).